The highest BCUT2D eigenvalue weighted by Gasteiger charge is 2.38. The first-order valence-corrected chi connectivity index (χ1v) is 5.56. The van der Waals surface area contributed by atoms with E-state index in [0.29, 0.717) is 5.92 Å². The largest absolute Gasteiger partial charge is 0.487 e. The van der Waals surface area contributed by atoms with Crippen molar-refractivity contribution in [2.24, 2.45) is 11.7 Å². The zero-order valence-electron chi connectivity index (χ0n) is 9.66. The van der Waals surface area contributed by atoms with Crippen LogP contribution in [0.4, 0.5) is 0 Å². The van der Waals surface area contributed by atoms with E-state index >= 15 is 0 Å². The Balaban J connectivity index is 2.38. The number of fused-ring (bicyclic) bond motifs is 1. The number of rotatable bonds is 1. The van der Waals surface area contributed by atoms with Crippen LogP contribution in [-0.4, -0.2) is 5.60 Å². The average Bonchev–Trinajstić information content (AvgIpc) is 2.17. The molecule has 0 amide bonds. The van der Waals surface area contributed by atoms with Crippen molar-refractivity contribution in [1.29, 1.82) is 0 Å². The number of ether oxygens (including phenoxy) is 1. The minimum atomic E-state index is -0.131. The second-order valence-electron chi connectivity index (χ2n) is 4.92. The SMILES string of the molecule is CC(C)C1(C)C[C@@H](N)c2ccccc2O1. The fourth-order valence-corrected chi connectivity index (χ4v) is 2.07. The molecule has 1 aromatic rings. The monoisotopic (exact) mass is 205 g/mol. The van der Waals surface area contributed by atoms with E-state index in [1.165, 1.54) is 0 Å². The van der Waals surface area contributed by atoms with Crippen LogP contribution in [0.1, 0.15) is 38.8 Å². The van der Waals surface area contributed by atoms with Crippen molar-refractivity contribution in [2.75, 3.05) is 0 Å². The smallest absolute Gasteiger partial charge is 0.124 e. The highest BCUT2D eigenvalue weighted by molar-refractivity contribution is 5.38. The predicted molar refractivity (Wildman–Crippen MR) is 61.9 cm³/mol. The fraction of sp³-hybridized carbons (Fsp3) is 0.538. The van der Waals surface area contributed by atoms with Gasteiger partial charge in [0.1, 0.15) is 11.4 Å². The van der Waals surface area contributed by atoms with Crippen molar-refractivity contribution in [3.8, 4) is 5.75 Å². The third kappa shape index (κ3) is 1.74. The molecule has 0 saturated heterocycles. The molecule has 0 spiro atoms. The molecule has 15 heavy (non-hydrogen) atoms. The molecule has 2 rings (SSSR count). The quantitative estimate of drug-likeness (QED) is 0.765. The van der Waals surface area contributed by atoms with E-state index in [2.05, 4.69) is 26.8 Å². The van der Waals surface area contributed by atoms with Gasteiger partial charge in [-0.25, -0.2) is 0 Å². The molecule has 2 atom stereocenters. The fourth-order valence-electron chi connectivity index (χ4n) is 2.07. The zero-order chi connectivity index (χ0) is 11.1. The van der Waals surface area contributed by atoms with Gasteiger partial charge in [-0.3, -0.25) is 0 Å². The molecule has 1 unspecified atom stereocenters. The molecule has 0 radical (unpaired) electrons. The molecular weight excluding hydrogens is 186 g/mol. The summed E-state index contributed by atoms with van der Waals surface area (Å²) >= 11 is 0. The molecule has 82 valence electrons. The van der Waals surface area contributed by atoms with Crippen LogP contribution >= 0.6 is 0 Å². The number of benzene rings is 1. The van der Waals surface area contributed by atoms with Crippen LogP contribution in [0.3, 0.4) is 0 Å². The van der Waals surface area contributed by atoms with Crippen LogP contribution in [0.2, 0.25) is 0 Å². The van der Waals surface area contributed by atoms with Gasteiger partial charge in [-0.15, -0.1) is 0 Å². The third-order valence-electron chi connectivity index (χ3n) is 3.51. The minimum Gasteiger partial charge on any atom is -0.487 e. The van der Waals surface area contributed by atoms with Crippen molar-refractivity contribution in [1.82, 2.24) is 0 Å². The maximum Gasteiger partial charge on any atom is 0.124 e. The van der Waals surface area contributed by atoms with Gasteiger partial charge in [0.25, 0.3) is 0 Å². The van der Waals surface area contributed by atoms with E-state index < -0.39 is 0 Å². The van der Waals surface area contributed by atoms with Crippen molar-refractivity contribution in [2.45, 2.75) is 38.8 Å². The van der Waals surface area contributed by atoms with E-state index in [0.717, 1.165) is 17.7 Å². The zero-order valence-corrected chi connectivity index (χ0v) is 9.66. The third-order valence-corrected chi connectivity index (χ3v) is 3.51. The number of hydrogen-bond acceptors (Lipinski definition) is 2. The Labute approximate surface area is 91.4 Å². The molecule has 2 heteroatoms. The summed E-state index contributed by atoms with van der Waals surface area (Å²) in [5.74, 6) is 1.42. The van der Waals surface area contributed by atoms with Gasteiger partial charge in [-0.2, -0.15) is 0 Å². The molecular formula is C13H19NO. The number of para-hydroxylation sites is 1. The normalized spacial score (nSPS) is 29.8. The standard InChI is InChI=1S/C13H19NO/c1-9(2)13(3)8-11(14)10-6-4-5-7-12(10)15-13/h4-7,9,11H,8,14H2,1-3H3/t11-,13?/m1/s1. The molecule has 0 aromatic heterocycles. The predicted octanol–water partition coefficient (Wildman–Crippen LogP) is 2.88. The lowest BCUT2D eigenvalue weighted by Gasteiger charge is -2.41. The first-order valence-electron chi connectivity index (χ1n) is 5.56. The van der Waals surface area contributed by atoms with Crippen LogP contribution < -0.4 is 10.5 Å². The molecule has 0 aliphatic carbocycles. The maximum atomic E-state index is 6.18. The highest BCUT2D eigenvalue weighted by Crippen LogP contribution is 2.41. The summed E-state index contributed by atoms with van der Waals surface area (Å²) in [6, 6.07) is 8.18. The highest BCUT2D eigenvalue weighted by atomic mass is 16.5. The van der Waals surface area contributed by atoms with Crippen molar-refractivity contribution in [3.63, 3.8) is 0 Å². The van der Waals surface area contributed by atoms with Gasteiger partial charge in [0.15, 0.2) is 0 Å². The maximum absolute atomic E-state index is 6.18. The van der Waals surface area contributed by atoms with E-state index in [4.69, 9.17) is 10.5 Å². The molecule has 0 bridgehead atoms. The van der Waals surface area contributed by atoms with Gasteiger partial charge < -0.3 is 10.5 Å². The molecule has 1 heterocycles. The Morgan fingerprint density at radius 3 is 2.73 bits per heavy atom. The molecule has 1 aliphatic rings. The lowest BCUT2D eigenvalue weighted by atomic mass is 9.81. The molecule has 0 fully saturated rings. The summed E-state index contributed by atoms with van der Waals surface area (Å²) in [6.45, 7) is 6.51. The van der Waals surface area contributed by atoms with Gasteiger partial charge in [0.05, 0.1) is 0 Å². The molecule has 2 nitrogen and oxygen atoms in total. The summed E-state index contributed by atoms with van der Waals surface area (Å²) in [5, 5.41) is 0. The summed E-state index contributed by atoms with van der Waals surface area (Å²) in [4.78, 5) is 0. The number of nitrogens with two attached hydrogens (primary N) is 1. The summed E-state index contributed by atoms with van der Waals surface area (Å²) in [6.07, 6.45) is 0.891. The lowest BCUT2D eigenvalue weighted by Crippen LogP contribution is -2.44. The van der Waals surface area contributed by atoms with E-state index in [1.54, 1.807) is 0 Å². The summed E-state index contributed by atoms with van der Waals surface area (Å²) in [5.41, 5.74) is 7.18. The van der Waals surface area contributed by atoms with Gasteiger partial charge in [0, 0.05) is 18.0 Å². The lowest BCUT2D eigenvalue weighted by molar-refractivity contribution is 0.0108. The topological polar surface area (TPSA) is 35.2 Å². The Kier molecular flexibility index (Phi) is 2.47. The average molecular weight is 205 g/mol. The van der Waals surface area contributed by atoms with Gasteiger partial charge in [-0.05, 0) is 18.9 Å². The Hall–Kier alpha value is -1.02. The minimum absolute atomic E-state index is 0.0994. The van der Waals surface area contributed by atoms with E-state index in [1.807, 2.05) is 18.2 Å². The van der Waals surface area contributed by atoms with Crippen molar-refractivity contribution < 1.29 is 4.74 Å². The van der Waals surface area contributed by atoms with Gasteiger partial charge in [0.2, 0.25) is 0 Å². The van der Waals surface area contributed by atoms with Crippen LogP contribution in [-0.2, 0) is 0 Å². The molecule has 1 aromatic carbocycles. The van der Waals surface area contributed by atoms with E-state index in [9.17, 15) is 0 Å². The van der Waals surface area contributed by atoms with Crippen LogP contribution in [0.15, 0.2) is 24.3 Å². The second kappa shape index (κ2) is 3.53. The number of hydrogen-bond donors (Lipinski definition) is 1. The molecule has 2 N–H and O–H groups in total. The van der Waals surface area contributed by atoms with Crippen molar-refractivity contribution >= 4 is 0 Å². The van der Waals surface area contributed by atoms with Crippen LogP contribution in [0, 0.1) is 5.92 Å². The first-order chi connectivity index (χ1) is 7.03. The Bertz CT molecular complexity index is 361. The van der Waals surface area contributed by atoms with Crippen LogP contribution in [0.5, 0.6) is 5.75 Å². The first kappa shape index (κ1) is 10.5. The van der Waals surface area contributed by atoms with E-state index in [-0.39, 0.29) is 11.6 Å². The van der Waals surface area contributed by atoms with Crippen LogP contribution in [0.25, 0.3) is 0 Å². The Morgan fingerprint density at radius 2 is 2.07 bits per heavy atom. The summed E-state index contributed by atoms with van der Waals surface area (Å²) in [7, 11) is 0. The molecule has 0 saturated carbocycles. The van der Waals surface area contributed by atoms with Gasteiger partial charge in [-0.1, -0.05) is 32.0 Å². The van der Waals surface area contributed by atoms with Gasteiger partial charge >= 0.3 is 0 Å². The Morgan fingerprint density at radius 1 is 1.40 bits per heavy atom. The summed E-state index contributed by atoms with van der Waals surface area (Å²) < 4.78 is 6.07. The second-order valence-corrected chi connectivity index (χ2v) is 4.92. The molecule has 1 aliphatic heterocycles. The van der Waals surface area contributed by atoms with Crippen molar-refractivity contribution in [3.05, 3.63) is 29.8 Å².